The number of ether oxygens (including phenoxy) is 1. The molecule has 0 aromatic heterocycles. The van der Waals surface area contributed by atoms with E-state index in [-0.39, 0.29) is 18.2 Å². The summed E-state index contributed by atoms with van der Waals surface area (Å²) in [4.78, 5) is 24.9. The lowest BCUT2D eigenvalue weighted by atomic mass is 10.2. The molecule has 0 aromatic carbocycles. The lowest BCUT2D eigenvalue weighted by molar-refractivity contribution is -0.149. The number of hydrogen-bond acceptors (Lipinski definition) is 4. The minimum absolute atomic E-state index is 0.0966. The summed E-state index contributed by atoms with van der Waals surface area (Å²) in [7, 11) is 0. The molecule has 0 bridgehead atoms. The van der Waals surface area contributed by atoms with Gasteiger partial charge in [0.2, 0.25) is 0 Å². The van der Waals surface area contributed by atoms with Crippen LogP contribution < -0.4 is 10.6 Å². The Labute approximate surface area is 125 Å². The van der Waals surface area contributed by atoms with E-state index in [0.29, 0.717) is 19.4 Å². The number of carboxylic acid groups (broad SMARTS) is 1. The lowest BCUT2D eigenvalue weighted by Gasteiger charge is -2.21. The van der Waals surface area contributed by atoms with Gasteiger partial charge in [-0.3, -0.25) is 0 Å². The summed E-state index contributed by atoms with van der Waals surface area (Å²) in [6, 6.07) is -0.122. The Bertz CT molecular complexity index is 371. The van der Waals surface area contributed by atoms with Crippen molar-refractivity contribution < 1.29 is 19.4 Å². The topological polar surface area (TPSA) is 90.9 Å². The number of carboxylic acids is 1. The van der Waals surface area contributed by atoms with Gasteiger partial charge in [0.15, 0.2) is 6.10 Å². The minimum atomic E-state index is -0.929. The molecule has 7 heteroatoms. The molecule has 120 valence electrons. The van der Waals surface area contributed by atoms with Crippen molar-refractivity contribution in [2.75, 3.05) is 26.2 Å². The molecule has 0 saturated carbocycles. The molecule has 2 amide bonds. The molecule has 2 saturated heterocycles. The average Bonchev–Trinajstić information content (AvgIpc) is 3.06. The number of carbonyl (C=O) groups excluding carboxylic acids is 1. The van der Waals surface area contributed by atoms with Gasteiger partial charge in [0.1, 0.15) is 0 Å². The van der Waals surface area contributed by atoms with Crippen LogP contribution in [0.4, 0.5) is 4.79 Å². The number of nitrogens with zero attached hydrogens (tertiary/aromatic N) is 1. The fraction of sp³-hybridized carbons (Fsp3) is 0.857. The van der Waals surface area contributed by atoms with Crippen molar-refractivity contribution in [1.82, 2.24) is 15.5 Å². The van der Waals surface area contributed by atoms with Gasteiger partial charge in [-0.05, 0) is 45.7 Å². The predicted octanol–water partition coefficient (Wildman–Crippen LogP) is 0.402. The summed E-state index contributed by atoms with van der Waals surface area (Å²) in [6.45, 7) is 5.44. The van der Waals surface area contributed by atoms with E-state index in [1.165, 1.54) is 12.8 Å². The molecule has 3 atom stereocenters. The Balaban J connectivity index is 1.60. The van der Waals surface area contributed by atoms with Crippen molar-refractivity contribution in [2.24, 2.45) is 0 Å². The van der Waals surface area contributed by atoms with Crippen LogP contribution >= 0.6 is 0 Å². The monoisotopic (exact) mass is 299 g/mol. The van der Waals surface area contributed by atoms with Crippen LogP contribution in [0.5, 0.6) is 0 Å². The van der Waals surface area contributed by atoms with E-state index >= 15 is 0 Å². The molecule has 2 fully saturated rings. The van der Waals surface area contributed by atoms with Gasteiger partial charge in [-0.2, -0.15) is 0 Å². The summed E-state index contributed by atoms with van der Waals surface area (Å²) in [5.74, 6) is -0.929. The number of rotatable bonds is 6. The summed E-state index contributed by atoms with van der Waals surface area (Å²) >= 11 is 0. The first-order chi connectivity index (χ1) is 10.0. The maximum atomic E-state index is 11.8. The fourth-order valence-corrected chi connectivity index (χ4v) is 2.92. The minimum Gasteiger partial charge on any atom is -0.479 e. The second-order valence-corrected chi connectivity index (χ2v) is 5.93. The normalized spacial score (nSPS) is 27.5. The summed E-state index contributed by atoms with van der Waals surface area (Å²) in [5.41, 5.74) is 0. The summed E-state index contributed by atoms with van der Waals surface area (Å²) in [5, 5.41) is 14.5. The Morgan fingerprint density at radius 3 is 2.67 bits per heavy atom. The third-order valence-corrected chi connectivity index (χ3v) is 3.98. The zero-order valence-electron chi connectivity index (χ0n) is 12.5. The first-order valence-electron chi connectivity index (χ1n) is 7.69. The van der Waals surface area contributed by atoms with Crippen LogP contribution in [0.15, 0.2) is 0 Å². The van der Waals surface area contributed by atoms with Crippen LogP contribution in [0.25, 0.3) is 0 Å². The van der Waals surface area contributed by atoms with E-state index in [1.54, 1.807) is 0 Å². The molecule has 0 radical (unpaired) electrons. The van der Waals surface area contributed by atoms with Gasteiger partial charge in [0.25, 0.3) is 0 Å². The molecule has 21 heavy (non-hydrogen) atoms. The van der Waals surface area contributed by atoms with Crippen LogP contribution in [0.3, 0.4) is 0 Å². The Kier molecular flexibility index (Phi) is 5.81. The van der Waals surface area contributed by atoms with Crippen molar-refractivity contribution in [3.8, 4) is 0 Å². The highest BCUT2D eigenvalue weighted by Crippen LogP contribution is 2.19. The number of urea groups is 1. The van der Waals surface area contributed by atoms with Gasteiger partial charge in [0, 0.05) is 19.1 Å². The van der Waals surface area contributed by atoms with Crippen LogP contribution in [0, 0.1) is 0 Å². The molecule has 7 nitrogen and oxygen atoms in total. The second kappa shape index (κ2) is 7.61. The first kappa shape index (κ1) is 16.0. The SMILES string of the molecule is CC(CN1CCCC1)NC(=O)NCC1CCC(C(=O)O)O1. The Morgan fingerprint density at radius 2 is 2.05 bits per heavy atom. The zero-order chi connectivity index (χ0) is 15.2. The van der Waals surface area contributed by atoms with E-state index < -0.39 is 12.1 Å². The van der Waals surface area contributed by atoms with Crippen molar-refractivity contribution >= 4 is 12.0 Å². The second-order valence-electron chi connectivity index (χ2n) is 5.93. The maximum Gasteiger partial charge on any atom is 0.332 e. The lowest BCUT2D eigenvalue weighted by Crippen LogP contribution is -2.47. The smallest absolute Gasteiger partial charge is 0.332 e. The number of hydrogen-bond donors (Lipinski definition) is 3. The molecule has 2 aliphatic heterocycles. The Morgan fingerprint density at radius 1 is 1.33 bits per heavy atom. The van der Waals surface area contributed by atoms with Gasteiger partial charge in [-0.15, -0.1) is 0 Å². The summed E-state index contributed by atoms with van der Waals surface area (Å²) in [6.07, 6.45) is 2.72. The zero-order valence-corrected chi connectivity index (χ0v) is 12.5. The molecule has 0 aliphatic carbocycles. The highest BCUT2D eigenvalue weighted by molar-refractivity contribution is 5.74. The number of nitrogens with one attached hydrogen (secondary N) is 2. The van der Waals surface area contributed by atoms with Gasteiger partial charge in [0.05, 0.1) is 6.10 Å². The maximum absolute atomic E-state index is 11.8. The number of carbonyl (C=O) groups is 2. The van der Waals surface area contributed by atoms with E-state index in [4.69, 9.17) is 9.84 Å². The van der Waals surface area contributed by atoms with Crippen LogP contribution in [-0.2, 0) is 9.53 Å². The molecule has 0 aromatic rings. The quantitative estimate of drug-likeness (QED) is 0.660. The van der Waals surface area contributed by atoms with E-state index in [1.807, 2.05) is 6.92 Å². The van der Waals surface area contributed by atoms with Crippen LogP contribution in [0.1, 0.15) is 32.6 Å². The highest BCUT2D eigenvalue weighted by atomic mass is 16.5. The van der Waals surface area contributed by atoms with Crippen molar-refractivity contribution in [3.05, 3.63) is 0 Å². The molecule has 2 aliphatic rings. The van der Waals surface area contributed by atoms with E-state index in [2.05, 4.69) is 15.5 Å². The number of amides is 2. The predicted molar refractivity (Wildman–Crippen MR) is 77.2 cm³/mol. The Hall–Kier alpha value is -1.34. The molecule has 0 spiro atoms. The first-order valence-corrected chi connectivity index (χ1v) is 7.69. The van der Waals surface area contributed by atoms with Gasteiger partial charge >= 0.3 is 12.0 Å². The van der Waals surface area contributed by atoms with E-state index in [0.717, 1.165) is 19.6 Å². The number of likely N-dealkylation sites (tertiary alicyclic amines) is 1. The fourth-order valence-electron chi connectivity index (χ4n) is 2.92. The highest BCUT2D eigenvalue weighted by Gasteiger charge is 2.30. The third-order valence-electron chi connectivity index (χ3n) is 3.98. The molecular weight excluding hydrogens is 274 g/mol. The van der Waals surface area contributed by atoms with Crippen LogP contribution in [-0.4, -0.2) is 66.4 Å². The van der Waals surface area contributed by atoms with Gasteiger partial charge in [-0.1, -0.05) is 0 Å². The third kappa shape index (κ3) is 5.17. The standard InChI is InChI=1S/C14H25N3O4/c1-10(9-17-6-2-3-7-17)16-14(20)15-8-11-4-5-12(21-11)13(18)19/h10-12H,2-9H2,1H3,(H,18,19)(H2,15,16,20). The summed E-state index contributed by atoms with van der Waals surface area (Å²) < 4.78 is 5.34. The molecular formula is C14H25N3O4. The van der Waals surface area contributed by atoms with Crippen molar-refractivity contribution in [2.45, 2.75) is 50.9 Å². The van der Waals surface area contributed by atoms with E-state index in [9.17, 15) is 9.59 Å². The van der Waals surface area contributed by atoms with Gasteiger partial charge in [-0.25, -0.2) is 9.59 Å². The van der Waals surface area contributed by atoms with Gasteiger partial charge < -0.3 is 25.4 Å². The molecule has 2 rings (SSSR count). The molecule has 2 heterocycles. The molecule has 3 unspecified atom stereocenters. The average molecular weight is 299 g/mol. The van der Waals surface area contributed by atoms with Crippen molar-refractivity contribution in [3.63, 3.8) is 0 Å². The molecule has 3 N–H and O–H groups in total. The number of aliphatic carboxylic acids is 1. The van der Waals surface area contributed by atoms with Crippen LogP contribution in [0.2, 0.25) is 0 Å². The van der Waals surface area contributed by atoms with Crippen molar-refractivity contribution in [1.29, 1.82) is 0 Å². The largest absolute Gasteiger partial charge is 0.479 e.